The third kappa shape index (κ3) is 3.17. The van der Waals surface area contributed by atoms with E-state index in [1.54, 1.807) is 30.5 Å². The maximum absolute atomic E-state index is 13.1. The Morgan fingerprint density at radius 2 is 2.04 bits per heavy atom. The monoisotopic (exact) mass is 374 g/mol. The first-order valence-electron chi connectivity index (χ1n) is 8.99. The highest BCUT2D eigenvalue weighted by Crippen LogP contribution is 2.30. The van der Waals surface area contributed by atoms with Gasteiger partial charge in [-0.3, -0.25) is 4.79 Å². The smallest absolute Gasteiger partial charge is 0.243 e. The van der Waals surface area contributed by atoms with Crippen molar-refractivity contribution in [1.82, 2.24) is 9.62 Å². The Kier molecular flexibility index (Phi) is 4.58. The standard InChI is InChI=1S/C19H22N2O4S/c22-19(20-13-16-6-3-11-25-16)18-7-2-10-21(18)26(23,24)17-9-8-14-4-1-5-15(14)12-17/h3,6,8-9,11-12,18H,1-2,4-5,7,10,13H2,(H,20,22)/t18-/m0/s1. The zero-order chi connectivity index (χ0) is 18.1. The zero-order valence-electron chi connectivity index (χ0n) is 14.5. The van der Waals surface area contributed by atoms with Gasteiger partial charge in [0.2, 0.25) is 15.9 Å². The van der Waals surface area contributed by atoms with Crippen molar-refractivity contribution in [3.63, 3.8) is 0 Å². The van der Waals surface area contributed by atoms with Gasteiger partial charge in [-0.1, -0.05) is 6.07 Å². The second kappa shape index (κ2) is 6.89. The van der Waals surface area contributed by atoms with E-state index in [0.717, 1.165) is 24.8 Å². The van der Waals surface area contributed by atoms with Crippen molar-refractivity contribution < 1.29 is 17.6 Å². The summed E-state index contributed by atoms with van der Waals surface area (Å²) in [5.74, 6) is 0.369. The lowest BCUT2D eigenvalue weighted by atomic mass is 10.1. The highest BCUT2D eigenvalue weighted by Gasteiger charge is 2.39. The van der Waals surface area contributed by atoms with Gasteiger partial charge < -0.3 is 9.73 Å². The lowest BCUT2D eigenvalue weighted by Gasteiger charge is -2.23. The van der Waals surface area contributed by atoms with Crippen LogP contribution in [0.5, 0.6) is 0 Å². The largest absolute Gasteiger partial charge is 0.467 e. The molecule has 1 amide bonds. The van der Waals surface area contributed by atoms with E-state index in [0.29, 0.717) is 30.0 Å². The molecule has 1 fully saturated rings. The Morgan fingerprint density at radius 1 is 1.19 bits per heavy atom. The lowest BCUT2D eigenvalue weighted by Crippen LogP contribution is -2.45. The summed E-state index contributed by atoms with van der Waals surface area (Å²) in [6, 6.07) is 8.24. The first-order valence-corrected chi connectivity index (χ1v) is 10.4. The minimum absolute atomic E-state index is 0.259. The molecule has 1 aliphatic carbocycles. The van der Waals surface area contributed by atoms with Gasteiger partial charge in [-0.2, -0.15) is 4.31 Å². The van der Waals surface area contributed by atoms with E-state index in [-0.39, 0.29) is 12.5 Å². The number of aryl methyl sites for hydroxylation is 2. The number of hydrogen-bond donors (Lipinski definition) is 1. The molecule has 1 aliphatic heterocycles. The molecule has 138 valence electrons. The molecule has 0 radical (unpaired) electrons. The topological polar surface area (TPSA) is 79.6 Å². The minimum atomic E-state index is -3.68. The number of furan rings is 1. The average molecular weight is 374 g/mol. The molecule has 2 aromatic rings. The van der Waals surface area contributed by atoms with Crippen LogP contribution < -0.4 is 5.32 Å². The summed E-state index contributed by atoms with van der Waals surface area (Å²) < 4.78 is 32.8. The molecule has 1 atom stereocenters. The number of sulfonamides is 1. The fourth-order valence-electron chi connectivity index (χ4n) is 3.84. The number of nitrogens with one attached hydrogen (secondary N) is 1. The van der Waals surface area contributed by atoms with Crippen LogP contribution in [0.25, 0.3) is 0 Å². The molecular weight excluding hydrogens is 352 g/mol. The summed E-state index contributed by atoms with van der Waals surface area (Å²) in [5.41, 5.74) is 2.35. The van der Waals surface area contributed by atoms with Gasteiger partial charge in [0.1, 0.15) is 11.8 Å². The van der Waals surface area contributed by atoms with Crippen molar-refractivity contribution in [2.75, 3.05) is 6.54 Å². The van der Waals surface area contributed by atoms with E-state index >= 15 is 0 Å². The van der Waals surface area contributed by atoms with Crippen molar-refractivity contribution in [1.29, 1.82) is 0 Å². The second-order valence-corrected chi connectivity index (χ2v) is 8.75. The molecule has 1 aromatic carbocycles. The van der Waals surface area contributed by atoms with Crippen LogP contribution in [0.1, 0.15) is 36.1 Å². The molecule has 1 N–H and O–H groups in total. The van der Waals surface area contributed by atoms with E-state index in [2.05, 4.69) is 5.32 Å². The number of amides is 1. The highest BCUT2D eigenvalue weighted by atomic mass is 32.2. The summed E-state index contributed by atoms with van der Waals surface area (Å²) in [4.78, 5) is 12.9. The number of nitrogens with zero attached hydrogens (tertiary/aromatic N) is 1. The van der Waals surface area contributed by atoms with E-state index in [4.69, 9.17) is 4.42 Å². The molecule has 0 saturated carbocycles. The van der Waals surface area contributed by atoms with Crippen LogP contribution in [-0.2, 0) is 34.2 Å². The summed E-state index contributed by atoms with van der Waals surface area (Å²) in [6.45, 7) is 0.632. The molecular formula is C19H22N2O4S. The van der Waals surface area contributed by atoms with Crippen LogP contribution in [0.2, 0.25) is 0 Å². The van der Waals surface area contributed by atoms with E-state index in [1.807, 2.05) is 6.07 Å². The quantitative estimate of drug-likeness (QED) is 0.870. The van der Waals surface area contributed by atoms with Crippen LogP contribution in [0, 0.1) is 0 Å². The first kappa shape index (κ1) is 17.3. The average Bonchev–Trinajstić information content (AvgIpc) is 3.40. The fraction of sp³-hybridized carbons (Fsp3) is 0.421. The second-order valence-electron chi connectivity index (χ2n) is 6.86. The van der Waals surface area contributed by atoms with Gasteiger partial charge >= 0.3 is 0 Å². The van der Waals surface area contributed by atoms with Crippen molar-refractivity contribution in [2.45, 2.75) is 49.6 Å². The molecule has 2 aliphatic rings. The maximum atomic E-state index is 13.1. The van der Waals surface area contributed by atoms with Gasteiger partial charge in [-0.25, -0.2) is 8.42 Å². The summed E-state index contributed by atoms with van der Waals surface area (Å²) in [5, 5.41) is 2.78. The van der Waals surface area contributed by atoms with Gasteiger partial charge in [0, 0.05) is 6.54 Å². The maximum Gasteiger partial charge on any atom is 0.243 e. The molecule has 0 spiro atoms. The Bertz CT molecular complexity index is 906. The SMILES string of the molecule is O=C(NCc1ccco1)[C@@H]1CCCN1S(=O)(=O)c1ccc2c(c1)CCC2. The molecule has 1 saturated heterocycles. The predicted molar refractivity (Wildman–Crippen MR) is 95.9 cm³/mol. The van der Waals surface area contributed by atoms with Crippen molar-refractivity contribution in [3.8, 4) is 0 Å². The Balaban J connectivity index is 1.52. The van der Waals surface area contributed by atoms with Crippen molar-refractivity contribution in [2.24, 2.45) is 0 Å². The fourth-order valence-corrected chi connectivity index (χ4v) is 5.55. The Hall–Kier alpha value is -2.12. The van der Waals surface area contributed by atoms with Crippen molar-refractivity contribution >= 4 is 15.9 Å². The number of fused-ring (bicyclic) bond motifs is 1. The number of hydrogen-bond acceptors (Lipinski definition) is 4. The molecule has 2 heterocycles. The van der Waals surface area contributed by atoms with E-state index in [1.165, 1.54) is 9.87 Å². The summed E-state index contributed by atoms with van der Waals surface area (Å²) >= 11 is 0. The van der Waals surface area contributed by atoms with Crippen LogP contribution in [0.4, 0.5) is 0 Å². The minimum Gasteiger partial charge on any atom is -0.467 e. The lowest BCUT2D eigenvalue weighted by molar-refractivity contribution is -0.124. The third-order valence-electron chi connectivity index (χ3n) is 5.20. The molecule has 26 heavy (non-hydrogen) atoms. The van der Waals surface area contributed by atoms with Gasteiger partial charge in [-0.15, -0.1) is 0 Å². The molecule has 6 nitrogen and oxygen atoms in total. The normalized spacial score (nSPS) is 20.2. The molecule has 0 bridgehead atoms. The predicted octanol–water partition coefficient (Wildman–Crippen LogP) is 2.24. The van der Waals surface area contributed by atoms with Gasteiger partial charge in [0.05, 0.1) is 17.7 Å². The van der Waals surface area contributed by atoms with Crippen LogP contribution in [0.3, 0.4) is 0 Å². The third-order valence-corrected chi connectivity index (χ3v) is 7.10. The summed E-state index contributed by atoms with van der Waals surface area (Å²) in [7, 11) is -3.68. The zero-order valence-corrected chi connectivity index (χ0v) is 15.3. The summed E-state index contributed by atoms with van der Waals surface area (Å²) in [6.07, 6.45) is 5.77. The van der Waals surface area contributed by atoms with Crippen LogP contribution in [-0.4, -0.2) is 31.2 Å². The Morgan fingerprint density at radius 3 is 2.85 bits per heavy atom. The van der Waals surface area contributed by atoms with Crippen molar-refractivity contribution in [3.05, 3.63) is 53.5 Å². The number of carbonyl (C=O) groups is 1. The van der Waals surface area contributed by atoms with Crippen LogP contribution >= 0.6 is 0 Å². The van der Waals surface area contributed by atoms with Crippen LogP contribution in [0.15, 0.2) is 45.9 Å². The molecule has 0 unspecified atom stereocenters. The number of rotatable bonds is 5. The highest BCUT2D eigenvalue weighted by molar-refractivity contribution is 7.89. The van der Waals surface area contributed by atoms with E-state index < -0.39 is 16.1 Å². The number of benzene rings is 1. The van der Waals surface area contributed by atoms with Gasteiger partial charge in [-0.05, 0) is 67.5 Å². The van der Waals surface area contributed by atoms with Gasteiger partial charge in [0.15, 0.2) is 0 Å². The molecule has 7 heteroatoms. The molecule has 1 aromatic heterocycles. The van der Waals surface area contributed by atoms with E-state index in [9.17, 15) is 13.2 Å². The Labute approximate surface area is 153 Å². The first-order chi connectivity index (χ1) is 12.6. The number of carbonyl (C=O) groups excluding carboxylic acids is 1. The van der Waals surface area contributed by atoms with Gasteiger partial charge in [0.25, 0.3) is 0 Å². The molecule has 4 rings (SSSR count).